The lowest BCUT2D eigenvalue weighted by Gasteiger charge is -2.33. The molecule has 0 unspecified atom stereocenters. The second-order valence-electron chi connectivity index (χ2n) is 6.43. The Bertz CT molecular complexity index is 579. The fourth-order valence-electron chi connectivity index (χ4n) is 3.68. The number of benzene rings is 1. The number of carbonyl (C=O) groups is 2. The molecule has 0 aromatic heterocycles. The molecular formula is C17H24N3O2+. The second-order valence-corrected chi connectivity index (χ2v) is 6.43. The third-order valence-electron chi connectivity index (χ3n) is 5.17. The Hall–Kier alpha value is -1.88. The van der Waals surface area contributed by atoms with E-state index in [2.05, 4.69) is 6.07 Å². The number of anilines is 1. The molecule has 2 heterocycles. The number of amides is 2. The molecule has 1 aromatic rings. The van der Waals surface area contributed by atoms with Crippen LogP contribution in [0.3, 0.4) is 0 Å². The molecule has 22 heavy (non-hydrogen) atoms. The Morgan fingerprint density at radius 1 is 1.27 bits per heavy atom. The predicted molar refractivity (Wildman–Crippen MR) is 84.6 cm³/mol. The Kier molecular flexibility index (Phi) is 4.16. The number of hydrogen-bond acceptors (Lipinski definition) is 2. The van der Waals surface area contributed by atoms with Gasteiger partial charge in [-0.1, -0.05) is 18.2 Å². The van der Waals surface area contributed by atoms with Gasteiger partial charge < -0.3 is 15.5 Å². The third kappa shape index (κ3) is 2.73. The second kappa shape index (κ2) is 6.08. The predicted octanol–water partition coefficient (Wildman–Crippen LogP) is -0.256. The molecule has 2 aliphatic rings. The summed E-state index contributed by atoms with van der Waals surface area (Å²) in [6.07, 6.45) is 2.52. The fourth-order valence-corrected chi connectivity index (χ4v) is 3.68. The van der Waals surface area contributed by atoms with Crippen molar-refractivity contribution < 1.29 is 14.5 Å². The van der Waals surface area contributed by atoms with Crippen molar-refractivity contribution in [2.45, 2.75) is 32.2 Å². The van der Waals surface area contributed by atoms with E-state index < -0.39 is 0 Å². The van der Waals surface area contributed by atoms with E-state index in [0.29, 0.717) is 0 Å². The Labute approximate surface area is 131 Å². The van der Waals surface area contributed by atoms with E-state index in [-0.39, 0.29) is 23.8 Å². The van der Waals surface area contributed by atoms with Crippen LogP contribution in [0.1, 0.15) is 25.3 Å². The highest BCUT2D eigenvalue weighted by Gasteiger charge is 2.36. The van der Waals surface area contributed by atoms with Gasteiger partial charge in [-0.2, -0.15) is 0 Å². The number of piperidine rings is 1. The standard InChI is InChI=1S/C17H23N3O2/c1-12(19-9-6-14(7-10-19)16(18)21)17(22)20-11-8-13-4-2-3-5-15(13)20/h2-5,12,14H,6-11H2,1H3,(H2,18,21)/p+1/t12-/m1/s1. The van der Waals surface area contributed by atoms with E-state index in [4.69, 9.17) is 5.73 Å². The molecule has 5 nitrogen and oxygen atoms in total. The van der Waals surface area contributed by atoms with Crippen molar-refractivity contribution >= 4 is 17.5 Å². The van der Waals surface area contributed by atoms with Gasteiger partial charge in [0, 0.05) is 31.0 Å². The molecule has 0 bridgehead atoms. The highest BCUT2D eigenvalue weighted by molar-refractivity contribution is 5.97. The van der Waals surface area contributed by atoms with Crippen molar-refractivity contribution in [2.24, 2.45) is 11.7 Å². The summed E-state index contributed by atoms with van der Waals surface area (Å²) in [5.74, 6) is -0.0254. The van der Waals surface area contributed by atoms with Gasteiger partial charge in [0.2, 0.25) is 5.91 Å². The van der Waals surface area contributed by atoms with Crippen LogP contribution in [0.15, 0.2) is 24.3 Å². The number of nitrogens with zero attached hydrogens (tertiary/aromatic N) is 1. The average Bonchev–Trinajstić information content (AvgIpc) is 2.97. The number of nitrogens with one attached hydrogen (secondary N) is 1. The molecule has 0 aliphatic carbocycles. The maximum Gasteiger partial charge on any atom is 0.284 e. The molecule has 1 fully saturated rings. The number of hydrogen-bond donors (Lipinski definition) is 2. The van der Waals surface area contributed by atoms with Crippen molar-refractivity contribution in [1.29, 1.82) is 0 Å². The molecule has 1 aromatic carbocycles. The van der Waals surface area contributed by atoms with E-state index in [1.165, 1.54) is 10.5 Å². The van der Waals surface area contributed by atoms with Crippen LogP contribution in [0.5, 0.6) is 0 Å². The van der Waals surface area contributed by atoms with E-state index in [1.54, 1.807) is 0 Å². The summed E-state index contributed by atoms with van der Waals surface area (Å²) in [5, 5.41) is 0. The topological polar surface area (TPSA) is 67.8 Å². The summed E-state index contributed by atoms with van der Waals surface area (Å²) in [6.45, 7) is 4.47. The monoisotopic (exact) mass is 302 g/mol. The van der Waals surface area contributed by atoms with E-state index in [0.717, 1.165) is 44.6 Å². The third-order valence-corrected chi connectivity index (χ3v) is 5.17. The maximum absolute atomic E-state index is 12.8. The summed E-state index contributed by atoms with van der Waals surface area (Å²) in [6, 6.07) is 8.07. The highest BCUT2D eigenvalue weighted by Crippen LogP contribution is 2.27. The lowest BCUT2D eigenvalue weighted by Crippen LogP contribution is -3.17. The number of para-hydroxylation sites is 1. The van der Waals surface area contributed by atoms with Crippen LogP contribution in [0.2, 0.25) is 0 Å². The lowest BCUT2D eigenvalue weighted by atomic mass is 9.95. The zero-order valence-corrected chi connectivity index (χ0v) is 13.0. The largest absolute Gasteiger partial charge is 0.369 e. The maximum atomic E-state index is 12.8. The molecule has 1 atom stereocenters. The molecule has 1 saturated heterocycles. The first-order chi connectivity index (χ1) is 10.6. The number of nitrogens with two attached hydrogens (primary N) is 1. The van der Waals surface area contributed by atoms with Gasteiger partial charge in [-0.3, -0.25) is 9.59 Å². The van der Waals surface area contributed by atoms with Gasteiger partial charge in [0.05, 0.1) is 13.1 Å². The van der Waals surface area contributed by atoms with Crippen molar-refractivity contribution in [3.05, 3.63) is 29.8 Å². The summed E-state index contributed by atoms with van der Waals surface area (Å²) >= 11 is 0. The molecule has 0 spiro atoms. The minimum Gasteiger partial charge on any atom is -0.369 e. The summed E-state index contributed by atoms with van der Waals surface area (Å²) in [4.78, 5) is 27.3. The number of fused-ring (bicyclic) bond motifs is 1. The van der Waals surface area contributed by atoms with Gasteiger partial charge in [-0.05, 0) is 25.0 Å². The van der Waals surface area contributed by atoms with Crippen molar-refractivity contribution in [3.8, 4) is 0 Å². The minimum atomic E-state index is -0.202. The fraction of sp³-hybridized carbons (Fsp3) is 0.529. The lowest BCUT2D eigenvalue weighted by molar-refractivity contribution is -0.919. The van der Waals surface area contributed by atoms with Gasteiger partial charge in [0.15, 0.2) is 6.04 Å². The molecule has 0 radical (unpaired) electrons. The van der Waals surface area contributed by atoms with Gasteiger partial charge in [0.25, 0.3) is 5.91 Å². The number of carbonyl (C=O) groups excluding carboxylic acids is 2. The quantitative estimate of drug-likeness (QED) is 0.808. The van der Waals surface area contributed by atoms with Crippen LogP contribution in [-0.4, -0.2) is 37.5 Å². The van der Waals surface area contributed by atoms with Crippen molar-refractivity contribution in [1.82, 2.24) is 0 Å². The van der Waals surface area contributed by atoms with Crippen LogP contribution in [0.4, 0.5) is 5.69 Å². The van der Waals surface area contributed by atoms with Crippen molar-refractivity contribution in [2.75, 3.05) is 24.5 Å². The van der Waals surface area contributed by atoms with E-state index in [9.17, 15) is 9.59 Å². The van der Waals surface area contributed by atoms with E-state index in [1.807, 2.05) is 30.0 Å². The molecule has 3 rings (SSSR count). The first kappa shape index (κ1) is 15.0. The molecule has 2 amide bonds. The number of primary amides is 1. The zero-order chi connectivity index (χ0) is 15.7. The van der Waals surface area contributed by atoms with Crippen LogP contribution in [0.25, 0.3) is 0 Å². The van der Waals surface area contributed by atoms with Gasteiger partial charge in [-0.25, -0.2) is 0 Å². The van der Waals surface area contributed by atoms with Gasteiger partial charge in [-0.15, -0.1) is 0 Å². The highest BCUT2D eigenvalue weighted by atomic mass is 16.2. The molecule has 5 heteroatoms. The summed E-state index contributed by atoms with van der Waals surface area (Å²) in [5.41, 5.74) is 7.69. The Morgan fingerprint density at radius 3 is 2.64 bits per heavy atom. The first-order valence-electron chi connectivity index (χ1n) is 8.11. The van der Waals surface area contributed by atoms with Gasteiger partial charge in [0.1, 0.15) is 0 Å². The smallest absolute Gasteiger partial charge is 0.284 e. The molecule has 118 valence electrons. The SMILES string of the molecule is C[C@H](C(=O)N1CCc2ccccc21)[NH+]1CCC(C(N)=O)CC1. The molecular weight excluding hydrogens is 278 g/mol. The first-order valence-corrected chi connectivity index (χ1v) is 8.11. The van der Waals surface area contributed by atoms with E-state index >= 15 is 0 Å². The van der Waals surface area contributed by atoms with Crippen molar-refractivity contribution in [3.63, 3.8) is 0 Å². The van der Waals surface area contributed by atoms with Crippen LogP contribution in [-0.2, 0) is 16.0 Å². The van der Waals surface area contributed by atoms with Crippen LogP contribution >= 0.6 is 0 Å². The number of quaternary nitrogens is 1. The zero-order valence-electron chi connectivity index (χ0n) is 13.0. The van der Waals surface area contributed by atoms with Crippen LogP contribution in [0, 0.1) is 5.92 Å². The minimum absolute atomic E-state index is 0.0152. The number of rotatable bonds is 3. The van der Waals surface area contributed by atoms with Crippen LogP contribution < -0.4 is 15.5 Å². The normalized spacial score (nSPS) is 25.6. The summed E-state index contributed by atoms with van der Waals surface area (Å²) < 4.78 is 0. The number of likely N-dealkylation sites (tertiary alicyclic amines) is 1. The Morgan fingerprint density at radius 2 is 1.95 bits per heavy atom. The molecule has 2 aliphatic heterocycles. The molecule has 3 N–H and O–H groups in total. The molecule has 0 saturated carbocycles. The Balaban J connectivity index is 1.65. The average molecular weight is 302 g/mol. The summed E-state index contributed by atoms with van der Waals surface area (Å²) in [7, 11) is 0. The van der Waals surface area contributed by atoms with Gasteiger partial charge >= 0.3 is 0 Å².